The van der Waals surface area contributed by atoms with Crippen LogP contribution >= 0.6 is 0 Å². The van der Waals surface area contributed by atoms with E-state index in [1.165, 1.54) is 55.3 Å². The number of hydrogen-bond donors (Lipinski definition) is 0. The molecule has 0 N–H and O–H groups in total. The topological polar surface area (TPSA) is 43.6 Å². The summed E-state index contributed by atoms with van der Waals surface area (Å²) < 4.78 is 2.44. The highest BCUT2D eigenvalue weighted by atomic mass is 15.0. The van der Waals surface area contributed by atoms with Crippen LogP contribution in [0.15, 0.2) is 218 Å². The van der Waals surface area contributed by atoms with Crippen molar-refractivity contribution >= 4 is 21.8 Å². The Hall–Kier alpha value is -8.21. The molecule has 0 radical (unpaired) electrons. The summed E-state index contributed by atoms with van der Waals surface area (Å²) in [5.74, 6) is 1.89. The van der Waals surface area contributed by atoms with E-state index in [1.54, 1.807) is 0 Å². The maximum atomic E-state index is 5.12. The predicted molar refractivity (Wildman–Crippen MR) is 264 cm³/mol. The van der Waals surface area contributed by atoms with E-state index >= 15 is 0 Å². The van der Waals surface area contributed by atoms with Gasteiger partial charge in [0.25, 0.3) is 0 Å². The van der Waals surface area contributed by atoms with Crippen LogP contribution in [-0.2, 0) is 5.41 Å². The van der Waals surface area contributed by atoms with Gasteiger partial charge in [-0.2, -0.15) is 0 Å². The van der Waals surface area contributed by atoms with Crippen LogP contribution in [0.3, 0.4) is 0 Å². The number of fused-ring (bicyclic) bond motifs is 6. The summed E-state index contributed by atoms with van der Waals surface area (Å²) in [5.41, 5.74) is 18.5. The Morgan fingerprint density at radius 1 is 0.328 bits per heavy atom. The van der Waals surface area contributed by atoms with Gasteiger partial charge in [0, 0.05) is 44.1 Å². The molecule has 0 bridgehead atoms. The van der Waals surface area contributed by atoms with Gasteiger partial charge in [-0.05, 0) is 92.5 Å². The second-order valence-corrected chi connectivity index (χ2v) is 17.2. The monoisotopic (exact) mass is 818 g/mol. The van der Waals surface area contributed by atoms with Gasteiger partial charge in [-0.1, -0.05) is 190 Å². The van der Waals surface area contributed by atoms with Crippen molar-refractivity contribution in [3.05, 3.63) is 230 Å². The van der Waals surface area contributed by atoms with E-state index in [4.69, 9.17) is 15.0 Å². The zero-order valence-electron chi connectivity index (χ0n) is 35.6. The Morgan fingerprint density at radius 2 is 0.844 bits per heavy atom. The minimum absolute atomic E-state index is 0.0928. The summed E-state index contributed by atoms with van der Waals surface area (Å²) in [6.07, 6.45) is 0. The molecule has 0 saturated heterocycles. The molecule has 9 aromatic carbocycles. The van der Waals surface area contributed by atoms with E-state index in [0.717, 1.165) is 44.5 Å². The zero-order valence-corrected chi connectivity index (χ0v) is 35.6. The number of benzene rings is 9. The number of rotatable bonds is 7. The fourth-order valence-electron chi connectivity index (χ4n) is 9.84. The van der Waals surface area contributed by atoms with Gasteiger partial charge in [0.05, 0.1) is 11.0 Å². The minimum atomic E-state index is -0.0928. The van der Waals surface area contributed by atoms with Crippen LogP contribution in [0.1, 0.15) is 25.0 Å². The van der Waals surface area contributed by atoms with Crippen molar-refractivity contribution in [3.8, 4) is 84.4 Å². The molecule has 2 heterocycles. The first kappa shape index (κ1) is 37.5. The SMILES string of the molecule is CC1(C)c2ccccc2-c2ccc(-c3ccc4c(c3)c3cc(-c5ccccc5)cc(-c5ccccc5)c3n4-c3cccc(-c4nc(-c5ccccc5)nc(-c5ccccc5)n4)c3)cc21. The van der Waals surface area contributed by atoms with Crippen molar-refractivity contribution in [2.45, 2.75) is 19.3 Å². The summed E-state index contributed by atoms with van der Waals surface area (Å²) in [5, 5.41) is 2.38. The lowest BCUT2D eigenvalue weighted by Crippen LogP contribution is -2.14. The normalized spacial score (nSPS) is 12.7. The van der Waals surface area contributed by atoms with Crippen molar-refractivity contribution in [2.75, 3.05) is 0 Å². The molecule has 0 spiro atoms. The number of nitrogens with zero attached hydrogens (tertiary/aromatic N) is 4. The van der Waals surface area contributed by atoms with Crippen molar-refractivity contribution in [1.29, 1.82) is 0 Å². The molecule has 0 amide bonds. The number of hydrogen-bond acceptors (Lipinski definition) is 3. The summed E-state index contributed by atoms with van der Waals surface area (Å²) in [7, 11) is 0. The molecule has 302 valence electrons. The van der Waals surface area contributed by atoms with E-state index in [0.29, 0.717) is 17.5 Å². The molecule has 2 aromatic heterocycles. The molecule has 0 saturated carbocycles. The van der Waals surface area contributed by atoms with Crippen LogP contribution < -0.4 is 0 Å². The first-order chi connectivity index (χ1) is 31.5. The molecule has 0 aliphatic heterocycles. The van der Waals surface area contributed by atoms with Gasteiger partial charge >= 0.3 is 0 Å². The van der Waals surface area contributed by atoms with Crippen molar-refractivity contribution in [2.24, 2.45) is 0 Å². The van der Waals surface area contributed by atoms with Crippen LogP contribution in [0.2, 0.25) is 0 Å². The first-order valence-corrected chi connectivity index (χ1v) is 21.9. The fraction of sp³-hybridized carbons (Fsp3) is 0.0500. The molecule has 0 atom stereocenters. The lowest BCUT2D eigenvalue weighted by Gasteiger charge is -2.22. The van der Waals surface area contributed by atoms with Gasteiger partial charge in [0.2, 0.25) is 0 Å². The minimum Gasteiger partial charge on any atom is -0.309 e. The average Bonchev–Trinajstić information content (AvgIpc) is 3.82. The second-order valence-electron chi connectivity index (χ2n) is 17.2. The van der Waals surface area contributed by atoms with Crippen LogP contribution in [-0.4, -0.2) is 19.5 Å². The van der Waals surface area contributed by atoms with Gasteiger partial charge in [0.15, 0.2) is 17.5 Å². The third-order valence-corrected chi connectivity index (χ3v) is 13.0. The molecule has 4 nitrogen and oxygen atoms in total. The van der Waals surface area contributed by atoms with Gasteiger partial charge in [-0.3, -0.25) is 0 Å². The molecular formula is C60H42N4. The van der Waals surface area contributed by atoms with Gasteiger partial charge in [-0.15, -0.1) is 0 Å². The predicted octanol–water partition coefficient (Wildman–Crippen LogP) is 15.3. The molecule has 11 aromatic rings. The Kier molecular flexibility index (Phi) is 8.80. The van der Waals surface area contributed by atoms with E-state index in [1.807, 2.05) is 60.7 Å². The standard InChI is InChI=1S/C60H42N4/c1-60(2)53-29-16-15-28-48(53)49-32-30-44(38-54(49)60)43-31-33-55-51(35-43)52-37-46(39-18-7-3-8-19-39)36-50(40-20-9-4-10-21-40)56(52)64(55)47-27-17-26-45(34-47)59-62-57(41-22-11-5-12-23-41)61-58(63-59)42-24-13-6-14-25-42/h3-38H,1-2H3. The van der Waals surface area contributed by atoms with E-state index < -0.39 is 0 Å². The fourth-order valence-corrected chi connectivity index (χ4v) is 9.84. The van der Waals surface area contributed by atoms with Crippen LogP contribution in [0.25, 0.3) is 106 Å². The molecule has 0 unspecified atom stereocenters. The quantitative estimate of drug-likeness (QED) is 0.161. The maximum absolute atomic E-state index is 5.12. The third kappa shape index (κ3) is 6.26. The molecule has 1 aliphatic rings. The lowest BCUT2D eigenvalue weighted by atomic mass is 9.81. The second kappa shape index (κ2) is 15.0. The van der Waals surface area contributed by atoms with Crippen molar-refractivity contribution < 1.29 is 0 Å². The summed E-state index contributed by atoms with van der Waals surface area (Å²) in [6, 6.07) is 78.2. The summed E-state index contributed by atoms with van der Waals surface area (Å²) in [4.78, 5) is 15.2. The van der Waals surface area contributed by atoms with Crippen molar-refractivity contribution in [3.63, 3.8) is 0 Å². The van der Waals surface area contributed by atoms with Gasteiger partial charge < -0.3 is 4.57 Å². The highest BCUT2D eigenvalue weighted by Gasteiger charge is 2.35. The van der Waals surface area contributed by atoms with Gasteiger partial charge in [-0.25, -0.2) is 15.0 Å². The number of aromatic nitrogens is 4. The van der Waals surface area contributed by atoms with Crippen LogP contribution in [0.5, 0.6) is 0 Å². The van der Waals surface area contributed by atoms with Crippen molar-refractivity contribution in [1.82, 2.24) is 19.5 Å². The Morgan fingerprint density at radius 3 is 1.52 bits per heavy atom. The van der Waals surface area contributed by atoms with Crippen LogP contribution in [0.4, 0.5) is 0 Å². The summed E-state index contributed by atoms with van der Waals surface area (Å²) in [6.45, 7) is 4.70. The Bertz CT molecular complexity index is 3500. The smallest absolute Gasteiger partial charge is 0.164 e. The largest absolute Gasteiger partial charge is 0.309 e. The molecular weight excluding hydrogens is 777 g/mol. The molecule has 1 aliphatic carbocycles. The summed E-state index contributed by atoms with van der Waals surface area (Å²) >= 11 is 0. The van der Waals surface area contributed by atoms with E-state index in [-0.39, 0.29) is 5.41 Å². The van der Waals surface area contributed by atoms with E-state index in [9.17, 15) is 0 Å². The maximum Gasteiger partial charge on any atom is 0.164 e. The molecule has 4 heteroatoms. The zero-order chi connectivity index (χ0) is 42.8. The third-order valence-electron chi connectivity index (χ3n) is 13.0. The highest BCUT2D eigenvalue weighted by Crippen LogP contribution is 2.50. The molecule has 0 fully saturated rings. The first-order valence-electron chi connectivity index (χ1n) is 21.9. The Balaban J connectivity index is 1.10. The average molecular weight is 819 g/mol. The van der Waals surface area contributed by atoms with E-state index in [2.05, 4.69) is 176 Å². The molecule has 12 rings (SSSR count). The highest BCUT2D eigenvalue weighted by molar-refractivity contribution is 6.16. The Labute approximate surface area is 372 Å². The molecule has 64 heavy (non-hydrogen) atoms. The van der Waals surface area contributed by atoms with Gasteiger partial charge in [0.1, 0.15) is 0 Å². The van der Waals surface area contributed by atoms with Crippen LogP contribution in [0, 0.1) is 0 Å². The lowest BCUT2D eigenvalue weighted by molar-refractivity contribution is 0.660.